The van der Waals surface area contributed by atoms with Crippen LogP contribution in [0.4, 0.5) is 0 Å². The fourth-order valence-electron chi connectivity index (χ4n) is 5.70. The molecule has 0 saturated heterocycles. The summed E-state index contributed by atoms with van der Waals surface area (Å²) in [6.45, 7) is 4.52. The first-order valence-corrected chi connectivity index (χ1v) is 8.49. The van der Waals surface area contributed by atoms with Crippen LogP contribution in [0, 0.1) is 23.7 Å². The molecule has 20 heavy (non-hydrogen) atoms. The summed E-state index contributed by atoms with van der Waals surface area (Å²) in [5, 5.41) is 0. The number of benzene rings is 1. The summed E-state index contributed by atoms with van der Waals surface area (Å²) >= 11 is 0. The van der Waals surface area contributed by atoms with Crippen LogP contribution in [-0.2, 0) is 5.54 Å². The minimum absolute atomic E-state index is 0.0221. The van der Waals surface area contributed by atoms with E-state index in [9.17, 15) is 0 Å². The van der Waals surface area contributed by atoms with Gasteiger partial charge in [-0.3, -0.25) is 0 Å². The average molecular weight is 269 g/mol. The Balaban J connectivity index is 1.65. The van der Waals surface area contributed by atoms with Gasteiger partial charge in [0.25, 0.3) is 0 Å². The van der Waals surface area contributed by atoms with E-state index in [0.717, 1.165) is 23.7 Å². The molecule has 4 rings (SSSR count). The largest absolute Gasteiger partial charge is 0.321 e. The Bertz CT molecular complexity index is 503. The molecule has 1 aromatic rings. The van der Waals surface area contributed by atoms with Crippen LogP contribution >= 0.6 is 0 Å². The van der Waals surface area contributed by atoms with E-state index >= 15 is 0 Å². The highest BCUT2D eigenvalue weighted by Gasteiger charge is 2.59. The van der Waals surface area contributed by atoms with Crippen LogP contribution < -0.4 is 5.73 Å². The van der Waals surface area contributed by atoms with Gasteiger partial charge in [-0.15, -0.1) is 0 Å². The molecule has 5 unspecified atom stereocenters. The number of hydrogen-bond donors (Lipinski definition) is 1. The Labute approximate surface area is 122 Å². The molecule has 5 atom stereocenters. The van der Waals surface area contributed by atoms with E-state index < -0.39 is 0 Å². The van der Waals surface area contributed by atoms with Crippen molar-refractivity contribution in [3.8, 4) is 0 Å². The molecule has 108 valence electrons. The molecule has 3 aliphatic rings. The van der Waals surface area contributed by atoms with Gasteiger partial charge in [0, 0.05) is 5.54 Å². The number of rotatable bonds is 2. The predicted molar refractivity (Wildman–Crippen MR) is 83.4 cm³/mol. The summed E-state index contributed by atoms with van der Waals surface area (Å²) in [5.74, 6) is 4.24. The highest BCUT2D eigenvalue weighted by molar-refractivity contribution is 5.33. The van der Waals surface area contributed by atoms with Gasteiger partial charge < -0.3 is 5.73 Å². The molecule has 3 saturated carbocycles. The first-order chi connectivity index (χ1) is 9.59. The van der Waals surface area contributed by atoms with E-state index in [1.807, 2.05) is 0 Å². The van der Waals surface area contributed by atoms with Crippen molar-refractivity contribution in [3.63, 3.8) is 0 Å². The molecule has 2 N–H and O–H groups in total. The van der Waals surface area contributed by atoms with E-state index in [1.165, 1.54) is 43.2 Å². The summed E-state index contributed by atoms with van der Waals surface area (Å²) in [6.07, 6.45) is 7.01. The first-order valence-electron chi connectivity index (χ1n) is 8.49. The molecule has 3 aliphatic carbocycles. The quantitative estimate of drug-likeness (QED) is 0.845. The third-order valence-corrected chi connectivity index (χ3v) is 6.68. The standard InChI is InChI=1S/C19H27N/c1-12(2)13-6-8-15(9-7-13)19(20)11-14-10-18(19)17-5-3-4-16(14)17/h6-9,12,14,16-18H,3-5,10-11,20H2,1-2H3. The van der Waals surface area contributed by atoms with Crippen molar-refractivity contribution < 1.29 is 0 Å². The second kappa shape index (κ2) is 4.34. The van der Waals surface area contributed by atoms with Crippen molar-refractivity contribution in [2.24, 2.45) is 29.4 Å². The van der Waals surface area contributed by atoms with Crippen LogP contribution in [0.1, 0.15) is 63.0 Å². The van der Waals surface area contributed by atoms with Gasteiger partial charge >= 0.3 is 0 Å². The summed E-state index contributed by atoms with van der Waals surface area (Å²) in [6, 6.07) is 9.24. The van der Waals surface area contributed by atoms with E-state index in [0.29, 0.717) is 5.92 Å². The van der Waals surface area contributed by atoms with Gasteiger partial charge in [-0.2, -0.15) is 0 Å². The number of fused-ring (bicyclic) bond motifs is 5. The third-order valence-electron chi connectivity index (χ3n) is 6.68. The molecule has 0 radical (unpaired) electrons. The number of hydrogen-bond acceptors (Lipinski definition) is 1. The maximum absolute atomic E-state index is 6.95. The molecule has 0 aromatic heterocycles. The number of nitrogens with two attached hydrogens (primary N) is 1. The fourth-order valence-corrected chi connectivity index (χ4v) is 5.70. The monoisotopic (exact) mass is 269 g/mol. The van der Waals surface area contributed by atoms with E-state index in [-0.39, 0.29) is 5.54 Å². The van der Waals surface area contributed by atoms with Gasteiger partial charge in [-0.1, -0.05) is 44.5 Å². The topological polar surface area (TPSA) is 26.0 Å². The van der Waals surface area contributed by atoms with Crippen molar-refractivity contribution in [2.45, 2.75) is 57.4 Å². The van der Waals surface area contributed by atoms with Gasteiger partial charge in [0.15, 0.2) is 0 Å². The van der Waals surface area contributed by atoms with Crippen LogP contribution in [0.5, 0.6) is 0 Å². The zero-order valence-corrected chi connectivity index (χ0v) is 12.8. The molecular formula is C19H27N. The Morgan fingerprint density at radius 2 is 1.80 bits per heavy atom. The van der Waals surface area contributed by atoms with Gasteiger partial charge in [0.2, 0.25) is 0 Å². The van der Waals surface area contributed by atoms with E-state index in [2.05, 4.69) is 38.1 Å². The minimum atomic E-state index is -0.0221. The maximum Gasteiger partial charge on any atom is 0.0443 e. The lowest BCUT2D eigenvalue weighted by Crippen LogP contribution is -2.46. The van der Waals surface area contributed by atoms with Crippen molar-refractivity contribution >= 4 is 0 Å². The molecule has 1 aromatic carbocycles. The molecule has 0 heterocycles. The highest BCUT2D eigenvalue weighted by Crippen LogP contribution is 2.64. The van der Waals surface area contributed by atoms with Crippen molar-refractivity contribution in [1.29, 1.82) is 0 Å². The lowest BCUT2D eigenvalue weighted by molar-refractivity contribution is 0.157. The maximum atomic E-state index is 6.95. The van der Waals surface area contributed by atoms with Gasteiger partial charge in [0.05, 0.1) is 0 Å². The van der Waals surface area contributed by atoms with E-state index in [4.69, 9.17) is 5.73 Å². The van der Waals surface area contributed by atoms with Crippen LogP contribution in [-0.4, -0.2) is 0 Å². The molecule has 0 aliphatic heterocycles. The summed E-state index contributed by atoms with van der Waals surface area (Å²) < 4.78 is 0. The van der Waals surface area contributed by atoms with E-state index in [1.54, 1.807) is 0 Å². The van der Waals surface area contributed by atoms with Crippen LogP contribution in [0.2, 0.25) is 0 Å². The normalized spacial score (nSPS) is 42.4. The second-order valence-electron chi connectivity index (χ2n) is 7.88. The molecule has 3 fully saturated rings. The lowest BCUT2D eigenvalue weighted by Gasteiger charge is -2.40. The van der Waals surface area contributed by atoms with Crippen LogP contribution in [0.15, 0.2) is 24.3 Å². The Morgan fingerprint density at radius 1 is 1.10 bits per heavy atom. The summed E-state index contributed by atoms with van der Waals surface area (Å²) in [7, 11) is 0. The van der Waals surface area contributed by atoms with Gasteiger partial charge in [0.1, 0.15) is 0 Å². The second-order valence-corrected chi connectivity index (χ2v) is 7.88. The lowest BCUT2D eigenvalue weighted by atomic mass is 9.68. The Kier molecular flexibility index (Phi) is 2.79. The molecule has 0 amide bonds. The molecule has 2 bridgehead atoms. The minimum Gasteiger partial charge on any atom is -0.321 e. The zero-order chi connectivity index (χ0) is 13.9. The first kappa shape index (κ1) is 12.9. The van der Waals surface area contributed by atoms with Crippen LogP contribution in [0.3, 0.4) is 0 Å². The van der Waals surface area contributed by atoms with Crippen molar-refractivity contribution in [3.05, 3.63) is 35.4 Å². The SMILES string of the molecule is CC(C)c1ccc(C2(N)CC3CC2C2CCCC32)cc1. The molecule has 0 spiro atoms. The Hall–Kier alpha value is -0.820. The third kappa shape index (κ3) is 1.65. The average Bonchev–Trinajstić information content (AvgIpc) is 3.09. The summed E-state index contributed by atoms with van der Waals surface area (Å²) in [4.78, 5) is 0. The molecule has 1 nitrogen and oxygen atoms in total. The van der Waals surface area contributed by atoms with Crippen LogP contribution in [0.25, 0.3) is 0 Å². The Morgan fingerprint density at radius 3 is 2.50 bits per heavy atom. The van der Waals surface area contributed by atoms with Crippen molar-refractivity contribution in [2.75, 3.05) is 0 Å². The molecular weight excluding hydrogens is 242 g/mol. The van der Waals surface area contributed by atoms with Crippen molar-refractivity contribution in [1.82, 2.24) is 0 Å². The van der Waals surface area contributed by atoms with Gasteiger partial charge in [-0.25, -0.2) is 0 Å². The fraction of sp³-hybridized carbons (Fsp3) is 0.684. The zero-order valence-electron chi connectivity index (χ0n) is 12.8. The highest BCUT2D eigenvalue weighted by atomic mass is 14.8. The van der Waals surface area contributed by atoms with Gasteiger partial charge in [-0.05, 0) is 66.4 Å². The smallest absolute Gasteiger partial charge is 0.0443 e. The summed E-state index contributed by atoms with van der Waals surface area (Å²) in [5.41, 5.74) is 9.76. The molecule has 1 heteroatoms. The predicted octanol–water partition coefficient (Wildman–Crippen LogP) is 4.42.